The number of halogens is 1. The normalized spacial score (nSPS) is 15.0. The minimum absolute atomic E-state index is 0.0606. The molecule has 1 saturated heterocycles. The Bertz CT molecular complexity index is 646. The van der Waals surface area contributed by atoms with Gasteiger partial charge < -0.3 is 15.1 Å². The summed E-state index contributed by atoms with van der Waals surface area (Å²) in [7, 11) is 3.44. The molecule has 1 aliphatic rings. The summed E-state index contributed by atoms with van der Waals surface area (Å²) in [5, 5.41) is 11.6. The summed E-state index contributed by atoms with van der Waals surface area (Å²) >= 11 is 0. The number of carbonyl (C=O) groups is 2. The van der Waals surface area contributed by atoms with Crippen LogP contribution in [-0.4, -0.2) is 48.9 Å². The van der Waals surface area contributed by atoms with Gasteiger partial charge in [-0.25, -0.2) is 9.18 Å². The highest BCUT2D eigenvalue weighted by molar-refractivity contribution is 5.91. The average molecular weight is 318 g/mol. The SMILES string of the molecule is CN(C)C(=O)C1CCN(C(=O)Nc2ccc(F)cc2C#N)CC1. The minimum Gasteiger partial charge on any atom is -0.349 e. The predicted molar refractivity (Wildman–Crippen MR) is 83.1 cm³/mol. The maximum Gasteiger partial charge on any atom is 0.321 e. The molecule has 122 valence electrons. The fourth-order valence-corrected chi connectivity index (χ4v) is 2.61. The quantitative estimate of drug-likeness (QED) is 0.906. The Labute approximate surface area is 134 Å². The summed E-state index contributed by atoms with van der Waals surface area (Å²) in [6.07, 6.45) is 1.22. The van der Waals surface area contributed by atoms with Gasteiger partial charge >= 0.3 is 6.03 Å². The third-order valence-electron chi connectivity index (χ3n) is 3.92. The van der Waals surface area contributed by atoms with Crippen LogP contribution in [0, 0.1) is 23.1 Å². The molecule has 0 unspecified atom stereocenters. The fourth-order valence-electron chi connectivity index (χ4n) is 2.61. The van der Waals surface area contributed by atoms with E-state index < -0.39 is 5.82 Å². The molecule has 0 saturated carbocycles. The average Bonchev–Trinajstić information content (AvgIpc) is 2.55. The van der Waals surface area contributed by atoms with E-state index in [1.54, 1.807) is 23.9 Å². The summed E-state index contributed by atoms with van der Waals surface area (Å²) in [5.41, 5.74) is 0.362. The maximum absolute atomic E-state index is 13.1. The number of amides is 3. The van der Waals surface area contributed by atoms with Crippen LogP contribution < -0.4 is 5.32 Å². The molecular weight excluding hydrogens is 299 g/mol. The van der Waals surface area contributed by atoms with Gasteiger partial charge in [0.1, 0.15) is 11.9 Å². The van der Waals surface area contributed by atoms with Crippen molar-refractivity contribution in [2.75, 3.05) is 32.5 Å². The summed E-state index contributed by atoms with van der Waals surface area (Å²) < 4.78 is 13.1. The van der Waals surface area contributed by atoms with Crippen molar-refractivity contribution < 1.29 is 14.0 Å². The first-order valence-electron chi connectivity index (χ1n) is 7.39. The van der Waals surface area contributed by atoms with Crippen LogP contribution in [-0.2, 0) is 4.79 Å². The van der Waals surface area contributed by atoms with Crippen molar-refractivity contribution >= 4 is 17.6 Å². The zero-order chi connectivity index (χ0) is 17.0. The molecule has 7 heteroatoms. The number of benzene rings is 1. The van der Waals surface area contributed by atoms with Gasteiger partial charge in [-0.1, -0.05) is 0 Å². The fraction of sp³-hybridized carbons (Fsp3) is 0.438. The van der Waals surface area contributed by atoms with Gasteiger partial charge in [0.15, 0.2) is 0 Å². The molecule has 0 bridgehead atoms. The van der Waals surface area contributed by atoms with Gasteiger partial charge in [-0.2, -0.15) is 5.26 Å². The number of carbonyl (C=O) groups excluding carboxylic acids is 2. The zero-order valence-electron chi connectivity index (χ0n) is 13.2. The lowest BCUT2D eigenvalue weighted by molar-refractivity contribution is -0.134. The smallest absolute Gasteiger partial charge is 0.321 e. The van der Waals surface area contributed by atoms with E-state index in [1.165, 1.54) is 12.1 Å². The number of nitrogens with one attached hydrogen (secondary N) is 1. The Hall–Kier alpha value is -2.62. The Morgan fingerprint density at radius 3 is 2.57 bits per heavy atom. The number of piperidine rings is 1. The Kier molecular flexibility index (Phi) is 5.16. The number of urea groups is 1. The van der Waals surface area contributed by atoms with E-state index in [-0.39, 0.29) is 29.1 Å². The summed E-state index contributed by atoms with van der Waals surface area (Å²) in [6, 6.07) is 5.16. The van der Waals surface area contributed by atoms with E-state index in [2.05, 4.69) is 5.32 Å². The molecule has 2 rings (SSSR count). The van der Waals surface area contributed by atoms with E-state index in [9.17, 15) is 14.0 Å². The van der Waals surface area contributed by atoms with Crippen LogP contribution in [0.1, 0.15) is 18.4 Å². The Morgan fingerprint density at radius 2 is 2.00 bits per heavy atom. The summed E-state index contributed by atoms with van der Waals surface area (Å²) in [5.74, 6) is -0.507. The Morgan fingerprint density at radius 1 is 1.35 bits per heavy atom. The first-order chi connectivity index (χ1) is 10.9. The molecule has 0 aliphatic carbocycles. The standard InChI is InChI=1S/C16H19FN4O2/c1-20(2)15(22)11-5-7-21(8-6-11)16(23)19-14-4-3-13(17)9-12(14)10-18/h3-4,9,11H,5-8H2,1-2H3,(H,19,23). The monoisotopic (exact) mass is 318 g/mol. The van der Waals surface area contributed by atoms with Crippen LogP contribution in [0.15, 0.2) is 18.2 Å². The van der Waals surface area contributed by atoms with E-state index in [0.717, 1.165) is 6.07 Å². The van der Waals surface area contributed by atoms with Crippen LogP contribution in [0.3, 0.4) is 0 Å². The second kappa shape index (κ2) is 7.09. The number of rotatable bonds is 2. The van der Waals surface area contributed by atoms with E-state index >= 15 is 0 Å². The predicted octanol–water partition coefficient (Wildman–Crippen LogP) is 2.03. The number of anilines is 1. The van der Waals surface area contributed by atoms with Crippen molar-refractivity contribution in [3.8, 4) is 6.07 Å². The van der Waals surface area contributed by atoms with Crippen LogP contribution in [0.5, 0.6) is 0 Å². The van der Waals surface area contributed by atoms with Crippen LogP contribution in [0.2, 0.25) is 0 Å². The summed E-state index contributed by atoms with van der Waals surface area (Å²) in [4.78, 5) is 27.3. The molecule has 0 spiro atoms. The van der Waals surface area contributed by atoms with Crippen LogP contribution >= 0.6 is 0 Å². The lowest BCUT2D eigenvalue weighted by atomic mass is 9.96. The van der Waals surface area contributed by atoms with E-state index in [1.807, 2.05) is 6.07 Å². The molecule has 0 radical (unpaired) electrons. The Balaban J connectivity index is 1.96. The van der Waals surface area contributed by atoms with Crippen LogP contribution in [0.25, 0.3) is 0 Å². The largest absolute Gasteiger partial charge is 0.349 e. The summed E-state index contributed by atoms with van der Waals surface area (Å²) in [6.45, 7) is 0.943. The number of hydrogen-bond acceptors (Lipinski definition) is 3. The van der Waals surface area contributed by atoms with Crippen molar-refractivity contribution in [3.63, 3.8) is 0 Å². The zero-order valence-corrected chi connectivity index (χ0v) is 13.2. The molecule has 6 nitrogen and oxygen atoms in total. The molecular formula is C16H19FN4O2. The van der Waals surface area contributed by atoms with Gasteiger partial charge in [0, 0.05) is 33.1 Å². The number of likely N-dealkylation sites (tertiary alicyclic amines) is 1. The van der Waals surface area contributed by atoms with Gasteiger partial charge in [-0.3, -0.25) is 4.79 Å². The van der Waals surface area contributed by atoms with E-state index in [4.69, 9.17) is 5.26 Å². The second-order valence-corrected chi connectivity index (χ2v) is 5.73. The van der Waals surface area contributed by atoms with Gasteiger partial charge in [0.05, 0.1) is 11.3 Å². The highest BCUT2D eigenvalue weighted by atomic mass is 19.1. The van der Waals surface area contributed by atoms with Gasteiger partial charge in [-0.15, -0.1) is 0 Å². The van der Waals surface area contributed by atoms with Crippen molar-refractivity contribution in [1.82, 2.24) is 9.80 Å². The molecule has 1 aliphatic heterocycles. The van der Waals surface area contributed by atoms with Crippen molar-refractivity contribution in [1.29, 1.82) is 5.26 Å². The lowest BCUT2D eigenvalue weighted by Crippen LogP contribution is -2.44. The number of nitrogens with zero attached hydrogens (tertiary/aromatic N) is 3. The van der Waals surface area contributed by atoms with Gasteiger partial charge in [0.25, 0.3) is 0 Å². The molecule has 3 amide bonds. The van der Waals surface area contributed by atoms with E-state index in [0.29, 0.717) is 25.9 Å². The number of nitriles is 1. The lowest BCUT2D eigenvalue weighted by Gasteiger charge is -2.32. The van der Waals surface area contributed by atoms with Crippen molar-refractivity contribution in [3.05, 3.63) is 29.6 Å². The van der Waals surface area contributed by atoms with Crippen molar-refractivity contribution in [2.24, 2.45) is 5.92 Å². The van der Waals surface area contributed by atoms with Crippen molar-refractivity contribution in [2.45, 2.75) is 12.8 Å². The molecule has 0 aromatic heterocycles. The maximum atomic E-state index is 13.1. The first-order valence-corrected chi connectivity index (χ1v) is 7.39. The molecule has 1 heterocycles. The molecule has 1 aromatic rings. The third kappa shape index (κ3) is 3.97. The molecule has 0 atom stereocenters. The molecule has 1 aromatic carbocycles. The topological polar surface area (TPSA) is 76.4 Å². The third-order valence-corrected chi connectivity index (χ3v) is 3.92. The second-order valence-electron chi connectivity index (χ2n) is 5.73. The first kappa shape index (κ1) is 16.7. The van der Waals surface area contributed by atoms with Gasteiger partial charge in [0.2, 0.25) is 5.91 Å². The molecule has 23 heavy (non-hydrogen) atoms. The molecule has 1 N–H and O–H groups in total. The number of hydrogen-bond donors (Lipinski definition) is 1. The highest BCUT2D eigenvalue weighted by Crippen LogP contribution is 2.21. The van der Waals surface area contributed by atoms with Gasteiger partial charge in [-0.05, 0) is 31.0 Å². The highest BCUT2D eigenvalue weighted by Gasteiger charge is 2.28. The molecule has 1 fully saturated rings. The van der Waals surface area contributed by atoms with Crippen LogP contribution in [0.4, 0.5) is 14.9 Å². The minimum atomic E-state index is -0.525.